The minimum absolute atomic E-state index is 0.143. The lowest BCUT2D eigenvalue weighted by Gasteiger charge is -2.18. The molecule has 0 spiro atoms. The highest BCUT2D eigenvalue weighted by Crippen LogP contribution is 2.22. The van der Waals surface area contributed by atoms with Gasteiger partial charge in [0.15, 0.2) is 16.1 Å². The summed E-state index contributed by atoms with van der Waals surface area (Å²) in [6.07, 6.45) is 3.05. The van der Waals surface area contributed by atoms with E-state index < -0.39 is 11.6 Å². The van der Waals surface area contributed by atoms with Crippen molar-refractivity contribution < 1.29 is 18.4 Å². The van der Waals surface area contributed by atoms with Crippen LogP contribution in [0.2, 0.25) is 4.47 Å². The molecule has 11 heteroatoms. The predicted molar refractivity (Wildman–Crippen MR) is 112 cm³/mol. The molecule has 0 bridgehead atoms. The van der Waals surface area contributed by atoms with Crippen molar-refractivity contribution in [1.29, 1.82) is 0 Å². The van der Waals surface area contributed by atoms with Crippen LogP contribution in [0.15, 0.2) is 42.7 Å². The first-order chi connectivity index (χ1) is 14.9. The number of aromatic nitrogens is 2. The Morgan fingerprint density at radius 1 is 1.16 bits per heavy atom. The maximum Gasteiger partial charge on any atom is 0.326 e. The number of carbonyl (C=O) groups excluding carboxylic acids is 2. The molecule has 1 aromatic carbocycles. The highest BCUT2D eigenvalue weighted by Gasteiger charge is 2.30. The van der Waals surface area contributed by atoms with Crippen molar-refractivity contribution >= 4 is 40.7 Å². The lowest BCUT2D eigenvalue weighted by atomic mass is 10.2. The Kier molecular flexibility index (Phi) is 6.10. The molecule has 4 rings (SSSR count). The molecule has 31 heavy (non-hydrogen) atoms. The van der Waals surface area contributed by atoms with E-state index in [1.54, 1.807) is 12.3 Å². The second-order valence-corrected chi connectivity index (χ2v) is 8.47. The molecular formula is C20H16ClF2N5O2S. The molecule has 3 amide bonds. The summed E-state index contributed by atoms with van der Waals surface area (Å²) in [7, 11) is 0. The van der Waals surface area contributed by atoms with Gasteiger partial charge in [-0.25, -0.2) is 23.5 Å². The lowest BCUT2D eigenvalue weighted by molar-refractivity contribution is 0.0951. The first kappa shape index (κ1) is 21.1. The normalized spacial score (nSPS) is 13.7. The van der Waals surface area contributed by atoms with Gasteiger partial charge in [0.25, 0.3) is 5.91 Å². The highest BCUT2D eigenvalue weighted by molar-refractivity contribution is 7.15. The first-order valence-corrected chi connectivity index (χ1v) is 10.4. The van der Waals surface area contributed by atoms with E-state index in [1.165, 1.54) is 39.5 Å². The fourth-order valence-corrected chi connectivity index (χ4v) is 4.06. The van der Waals surface area contributed by atoms with Gasteiger partial charge in [0.05, 0.1) is 6.54 Å². The molecule has 0 aliphatic carbocycles. The molecule has 1 N–H and O–H groups in total. The summed E-state index contributed by atoms with van der Waals surface area (Å²) in [6.45, 7) is 1.18. The molecule has 0 radical (unpaired) electrons. The summed E-state index contributed by atoms with van der Waals surface area (Å²) in [5.74, 6) is -1.87. The van der Waals surface area contributed by atoms with Gasteiger partial charge in [0.1, 0.15) is 5.82 Å². The molecule has 160 valence electrons. The van der Waals surface area contributed by atoms with Crippen LogP contribution in [0.25, 0.3) is 0 Å². The minimum atomic E-state index is -0.956. The zero-order chi connectivity index (χ0) is 22.0. The van der Waals surface area contributed by atoms with E-state index in [9.17, 15) is 18.4 Å². The van der Waals surface area contributed by atoms with E-state index in [2.05, 4.69) is 15.3 Å². The van der Waals surface area contributed by atoms with Crippen LogP contribution in [0.1, 0.15) is 20.8 Å². The van der Waals surface area contributed by atoms with Gasteiger partial charge in [-0.05, 0) is 29.8 Å². The van der Waals surface area contributed by atoms with E-state index in [0.29, 0.717) is 34.5 Å². The van der Waals surface area contributed by atoms with Crippen molar-refractivity contribution in [3.63, 3.8) is 0 Å². The molecule has 1 aliphatic rings. The maximum absolute atomic E-state index is 13.4. The van der Waals surface area contributed by atoms with Crippen LogP contribution in [0.5, 0.6) is 0 Å². The summed E-state index contributed by atoms with van der Waals surface area (Å²) in [5.41, 5.74) is 0.839. The number of urea groups is 1. The van der Waals surface area contributed by atoms with E-state index in [0.717, 1.165) is 17.0 Å². The number of nitrogens with one attached hydrogen (secondary N) is 1. The molecular weight excluding hydrogens is 448 g/mol. The molecule has 1 fully saturated rings. The number of carbonyl (C=O) groups is 2. The summed E-state index contributed by atoms with van der Waals surface area (Å²) in [6, 6.07) is 6.31. The van der Waals surface area contributed by atoms with Gasteiger partial charge in [-0.3, -0.25) is 9.69 Å². The fraction of sp³-hybridized carbons (Fsp3) is 0.200. The van der Waals surface area contributed by atoms with E-state index in [4.69, 9.17) is 11.6 Å². The Balaban J connectivity index is 1.41. The second kappa shape index (κ2) is 8.94. The molecule has 1 aliphatic heterocycles. The van der Waals surface area contributed by atoms with Crippen LogP contribution in [-0.2, 0) is 13.1 Å². The Hall–Kier alpha value is -3.11. The fourth-order valence-electron chi connectivity index (χ4n) is 3.14. The van der Waals surface area contributed by atoms with Crippen molar-refractivity contribution in [3.8, 4) is 0 Å². The Bertz CT molecular complexity index is 1140. The van der Waals surface area contributed by atoms with Crippen LogP contribution < -0.4 is 10.2 Å². The molecule has 0 unspecified atom stereocenters. The number of pyridine rings is 1. The van der Waals surface area contributed by atoms with Crippen molar-refractivity contribution in [1.82, 2.24) is 20.2 Å². The average Bonchev–Trinajstić information content (AvgIpc) is 3.34. The number of anilines is 1. The molecule has 0 atom stereocenters. The molecule has 3 aromatic rings. The smallest absolute Gasteiger partial charge is 0.326 e. The van der Waals surface area contributed by atoms with Gasteiger partial charge in [-0.15, -0.1) is 11.3 Å². The van der Waals surface area contributed by atoms with Gasteiger partial charge in [0, 0.05) is 42.5 Å². The summed E-state index contributed by atoms with van der Waals surface area (Å²) in [5, 5.41) is 2.77. The topological polar surface area (TPSA) is 78.4 Å². The van der Waals surface area contributed by atoms with Crippen LogP contribution >= 0.6 is 22.9 Å². The average molecular weight is 464 g/mol. The van der Waals surface area contributed by atoms with Crippen molar-refractivity contribution in [2.75, 3.05) is 18.0 Å². The number of halogens is 3. The Morgan fingerprint density at radius 3 is 2.74 bits per heavy atom. The number of amides is 3. The zero-order valence-corrected chi connectivity index (χ0v) is 17.6. The van der Waals surface area contributed by atoms with Crippen LogP contribution in [0, 0.1) is 11.6 Å². The number of hydrogen-bond acceptors (Lipinski definition) is 5. The summed E-state index contributed by atoms with van der Waals surface area (Å²) >= 11 is 7.06. The van der Waals surface area contributed by atoms with Gasteiger partial charge in [-0.1, -0.05) is 17.7 Å². The lowest BCUT2D eigenvalue weighted by Crippen LogP contribution is -2.32. The summed E-state index contributed by atoms with van der Waals surface area (Å²) < 4.78 is 27.0. The van der Waals surface area contributed by atoms with Crippen LogP contribution in [-0.4, -0.2) is 39.9 Å². The number of hydrogen-bond donors (Lipinski definition) is 1. The van der Waals surface area contributed by atoms with E-state index in [-0.39, 0.29) is 25.0 Å². The van der Waals surface area contributed by atoms with Gasteiger partial charge >= 0.3 is 6.03 Å². The monoisotopic (exact) mass is 463 g/mol. The molecule has 3 heterocycles. The molecule has 7 nitrogen and oxygen atoms in total. The Labute approximate surface area is 185 Å². The van der Waals surface area contributed by atoms with Gasteiger partial charge in [-0.2, -0.15) is 0 Å². The van der Waals surface area contributed by atoms with Crippen LogP contribution in [0.3, 0.4) is 0 Å². The number of nitrogens with zero attached hydrogens (tertiary/aromatic N) is 4. The van der Waals surface area contributed by atoms with Crippen molar-refractivity contribution in [3.05, 3.63) is 74.8 Å². The number of thiazole rings is 1. The van der Waals surface area contributed by atoms with E-state index in [1.807, 2.05) is 0 Å². The first-order valence-electron chi connectivity index (χ1n) is 9.25. The molecule has 1 saturated heterocycles. The summed E-state index contributed by atoms with van der Waals surface area (Å²) in [4.78, 5) is 37.1. The van der Waals surface area contributed by atoms with Crippen LogP contribution in [0.4, 0.5) is 19.4 Å². The van der Waals surface area contributed by atoms with E-state index >= 15 is 0 Å². The third-order valence-electron chi connectivity index (χ3n) is 4.69. The largest absolute Gasteiger partial charge is 0.347 e. The SMILES string of the molecule is O=C(NCc1cnc(Cl)s1)c1ccnc(N2CCN(Cc3ccc(F)c(F)c3)C2=O)c1. The van der Waals surface area contributed by atoms with Gasteiger partial charge in [0.2, 0.25) is 0 Å². The predicted octanol–water partition coefficient (Wildman–Crippen LogP) is 3.84. The highest BCUT2D eigenvalue weighted by atomic mass is 35.5. The standard InChI is InChI=1S/C20H16ClF2N5O2S/c21-19-26-10-14(31-19)9-25-18(29)13-3-4-24-17(8-13)28-6-5-27(20(28)30)11-12-1-2-15(22)16(23)7-12/h1-4,7-8,10H,5-6,9,11H2,(H,25,29). The minimum Gasteiger partial charge on any atom is -0.347 e. The molecule has 0 saturated carbocycles. The van der Waals surface area contributed by atoms with Gasteiger partial charge < -0.3 is 10.2 Å². The second-order valence-electron chi connectivity index (χ2n) is 6.77. The third-order valence-corrected chi connectivity index (χ3v) is 5.80. The third kappa shape index (κ3) is 4.80. The van der Waals surface area contributed by atoms with Crippen molar-refractivity contribution in [2.24, 2.45) is 0 Å². The van der Waals surface area contributed by atoms with Crippen molar-refractivity contribution in [2.45, 2.75) is 13.1 Å². The Morgan fingerprint density at radius 2 is 2.00 bits per heavy atom. The zero-order valence-electron chi connectivity index (χ0n) is 16.0. The maximum atomic E-state index is 13.4. The number of benzene rings is 1. The number of rotatable bonds is 6. The quantitative estimate of drug-likeness (QED) is 0.602. The molecule has 2 aromatic heterocycles.